The Morgan fingerprint density at radius 2 is 2.00 bits per heavy atom. The Labute approximate surface area is 117 Å². The first-order valence-electron chi connectivity index (χ1n) is 6.65. The predicted octanol–water partition coefficient (Wildman–Crippen LogP) is 1.68. The van der Waals surface area contributed by atoms with Crippen molar-refractivity contribution in [1.29, 1.82) is 0 Å². The summed E-state index contributed by atoms with van der Waals surface area (Å²) in [5.74, 6) is -0.461. The van der Waals surface area contributed by atoms with Gasteiger partial charge < -0.3 is 15.2 Å². The summed E-state index contributed by atoms with van der Waals surface area (Å²) in [4.78, 5) is 23.3. The number of carbonyl (C=O) groups excluding carboxylic acids is 1. The molecule has 1 aromatic carbocycles. The van der Waals surface area contributed by atoms with Crippen LogP contribution in [0.25, 0.3) is 0 Å². The molecule has 1 aliphatic carbocycles. The lowest BCUT2D eigenvalue weighted by Crippen LogP contribution is -2.56. The minimum absolute atomic E-state index is 0.0644. The fraction of sp³-hybridized carbons (Fsp3) is 0.467. The summed E-state index contributed by atoms with van der Waals surface area (Å²) in [6.07, 6.45) is 0.821. The van der Waals surface area contributed by atoms with Gasteiger partial charge in [-0.05, 0) is 31.4 Å². The highest BCUT2D eigenvalue weighted by molar-refractivity contribution is 5.89. The fourth-order valence-corrected chi connectivity index (χ4v) is 1.95. The molecule has 0 spiro atoms. The van der Waals surface area contributed by atoms with Crippen molar-refractivity contribution in [3.05, 3.63) is 30.3 Å². The number of hydrogen-bond donors (Lipinski definition) is 2. The van der Waals surface area contributed by atoms with Crippen LogP contribution >= 0.6 is 0 Å². The lowest BCUT2D eigenvalue weighted by molar-refractivity contribution is -0.148. The number of para-hydroxylation sites is 1. The monoisotopic (exact) mass is 277 g/mol. The van der Waals surface area contributed by atoms with Crippen LogP contribution in [0.15, 0.2) is 30.3 Å². The Morgan fingerprint density at radius 3 is 2.50 bits per heavy atom. The molecule has 0 bridgehead atoms. The third kappa shape index (κ3) is 3.29. The second kappa shape index (κ2) is 5.53. The molecule has 5 nitrogen and oxygen atoms in total. The summed E-state index contributed by atoms with van der Waals surface area (Å²) in [7, 11) is 0. The molecule has 3 atom stereocenters. The molecule has 1 fully saturated rings. The molecule has 108 valence electrons. The number of rotatable bonds is 6. The van der Waals surface area contributed by atoms with Gasteiger partial charge in [0.25, 0.3) is 0 Å². The average molecular weight is 277 g/mol. The van der Waals surface area contributed by atoms with E-state index in [1.807, 2.05) is 13.0 Å². The molecular formula is C15H19NO4. The zero-order chi connectivity index (χ0) is 14.8. The van der Waals surface area contributed by atoms with Gasteiger partial charge in [0.2, 0.25) is 5.91 Å². The summed E-state index contributed by atoms with van der Waals surface area (Å²) < 4.78 is 5.46. The Hall–Kier alpha value is -2.04. The molecule has 0 aliphatic heterocycles. The van der Waals surface area contributed by atoms with Gasteiger partial charge in [0.15, 0.2) is 5.54 Å². The first-order valence-corrected chi connectivity index (χ1v) is 6.65. The van der Waals surface area contributed by atoms with E-state index in [0.717, 1.165) is 6.42 Å². The van der Waals surface area contributed by atoms with Crippen LogP contribution in [-0.4, -0.2) is 29.1 Å². The molecule has 0 heterocycles. The number of hydrogen-bond acceptors (Lipinski definition) is 3. The van der Waals surface area contributed by atoms with Crippen molar-refractivity contribution in [2.24, 2.45) is 11.8 Å². The minimum atomic E-state index is -1.42. The van der Waals surface area contributed by atoms with E-state index >= 15 is 0 Å². The summed E-state index contributed by atoms with van der Waals surface area (Å²) in [6, 6.07) is 8.94. The average Bonchev–Trinajstić information content (AvgIpc) is 3.15. The van der Waals surface area contributed by atoms with Gasteiger partial charge in [0.05, 0.1) is 0 Å². The molecule has 0 unspecified atom stereocenters. The zero-order valence-electron chi connectivity index (χ0n) is 11.6. The predicted molar refractivity (Wildman–Crippen MR) is 73.4 cm³/mol. The molecule has 5 heteroatoms. The topological polar surface area (TPSA) is 75.6 Å². The molecule has 0 saturated heterocycles. The van der Waals surface area contributed by atoms with E-state index in [-0.39, 0.29) is 18.4 Å². The largest absolute Gasteiger partial charge is 0.491 e. The normalized spacial score (nSPS) is 23.5. The first kappa shape index (κ1) is 14.4. The molecule has 1 saturated carbocycles. The van der Waals surface area contributed by atoms with Crippen LogP contribution in [0.3, 0.4) is 0 Å². The van der Waals surface area contributed by atoms with Gasteiger partial charge in [0.1, 0.15) is 12.4 Å². The van der Waals surface area contributed by atoms with E-state index in [0.29, 0.717) is 11.7 Å². The lowest BCUT2D eigenvalue weighted by Gasteiger charge is -2.26. The third-order valence-corrected chi connectivity index (χ3v) is 3.59. The summed E-state index contributed by atoms with van der Waals surface area (Å²) in [6.45, 7) is 3.32. The number of aliphatic carboxylic acids is 1. The van der Waals surface area contributed by atoms with E-state index in [2.05, 4.69) is 5.32 Å². The SMILES string of the molecule is C[C@@H]1C[C@@H]1C(=O)N[C@](C)(COc1ccccc1)C(=O)O. The van der Waals surface area contributed by atoms with Crippen molar-refractivity contribution in [1.82, 2.24) is 5.32 Å². The Kier molecular flexibility index (Phi) is 3.97. The van der Waals surface area contributed by atoms with E-state index in [9.17, 15) is 14.7 Å². The highest BCUT2D eigenvalue weighted by atomic mass is 16.5. The van der Waals surface area contributed by atoms with E-state index in [1.165, 1.54) is 6.92 Å². The molecule has 2 rings (SSSR count). The maximum absolute atomic E-state index is 11.9. The van der Waals surface area contributed by atoms with Gasteiger partial charge in [-0.25, -0.2) is 4.79 Å². The molecule has 0 aromatic heterocycles. The van der Waals surface area contributed by atoms with Crippen LogP contribution in [-0.2, 0) is 9.59 Å². The van der Waals surface area contributed by atoms with Crippen molar-refractivity contribution in [2.75, 3.05) is 6.61 Å². The van der Waals surface area contributed by atoms with Crippen LogP contribution in [0.2, 0.25) is 0 Å². The second-order valence-corrected chi connectivity index (χ2v) is 5.55. The Morgan fingerprint density at radius 1 is 1.40 bits per heavy atom. The van der Waals surface area contributed by atoms with Crippen LogP contribution in [0.4, 0.5) is 0 Å². The molecule has 0 radical (unpaired) electrons. The van der Waals surface area contributed by atoms with Gasteiger partial charge in [-0.1, -0.05) is 25.1 Å². The maximum atomic E-state index is 11.9. The summed E-state index contributed by atoms with van der Waals surface area (Å²) in [5, 5.41) is 11.9. The van der Waals surface area contributed by atoms with Crippen LogP contribution in [0, 0.1) is 11.8 Å². The summed E-state index contributed by atoms with van der Waals surface area (Å²) >= 11 is 0. The first-order chi connectivity index (χ1) is 9.42. The van der Waals surface area contributed by atoms with Gasteiger partial charge in [-0.15, -0.1) is 0 Å². The highest BCUT2D eigenvalue weighted by Crippen LogP contribution is 2.38. The van der Waals surface area contributed by atoms with Crippen LogP contribution < -0.4 is 10.1 Å². The molecular weight excluding hydrogens is 258 g/mol. The number of carboxylic acids is 1. The number of carbonyl (C=O) groups is 2. The minimum Gasteiger partial charge on any atom is -0.491 e. The van der Waals surface area contributed by atoms with Crippen molar-refractivity contribution < 1.29 is 19.4 Å². The molecule has 1 aromatic rings. The van der Waals surface area contributed by atoms with Gasteiger partial charge in [0, 0.05) is 5.92 Å². The number of ether oxygens (including phenoxy) is 1. The molecule has 1 aliphatic rings. The number of carboxylic acid groups (broad SMARTS) is 1. The van der Waals surface area contributed by atoms with Crippen LogP contribution in [0.1, 0.15) is 20.3 Å². The van der Waals surface area contributed by atoms with Gasteiger partial charge in [-0.3, -0.25) is 4.79 Å². The zero-order valence-corrected chi connectivity index (χ0v) is 11.6. The van der Waals surface area contributed by atoms with Crippen molar-refractivity contribution >= 4 is 11.9 Å². The van der Waals surface area contributed by atoms with Crippen molar-refractivity contribution in [2.45, 2.75) is 25.8 Å². The number of amides is 1. The second-order valence-electron chi connectivity index (χ2n) is 5.55. The van der Waals surface area contributed by atoms with Gasteiger partial charge >= 0.3 is 5.97 Å². The Bertz CT molecular complexity index is 502. The van der Waals surface area contributed by atoms with Crippen molar-refractivity contribution in [3.63, 3.8) is 0 Å². The maximum Gasteiger partial charge on any atom is 0.332 e. The smallest absolute Gasteiger partial charge is 0.332 e. The summed E-state index contributed by atoms with van der Waals surface area (Å²) in [5.41, 5.74) is -1.42. The fourth-order valence-electron chi connectivity index (χ4n) is 1.95. The van der Waals surface area contributed by atoms with E-state index in [4.69, 9.17) is 4.74 Å². The third-order valence-electron chi connectivity index (χ3n) is 3.59. The molecule has 1 amide bonds. The quantitative estimate of drug-likeness (QED) is 0.829. The number of nitrogens with one attached hydrogen (secondary N) is 1. The standard InChI is InChI=1S/C15H19NO4/c1-10-8-12(10)13(17)16-15(2,14(18)19)9-20-11-6-4-3-5-7-11/h3-7,10,12H,8-9H2,1-2H3,(H,16,17)(H,18,19)/t10-,12+,15-/m1/s1. The van der Waals surface area contributed by atoms with E-state index < -0.39 is 11.5 Å². The number of benzene rings is 1. The van der Waals surface area contributed by atoms with E-state index in [1.54, 1.807) is 24.3 Å². The van der Waals surface area contributed by atoms with Gasteiger partial charge in [-0.2, -0.15) is 0 Å². The Balaban J connectivity index is 1.98. The van der Waals surface area contributed by atoms with Crippen LogP contribution in [0.5, 0.6) is 5.75 Å². The highest BCUT2D eigenvalue weighted by Gasteiger charge is 2.44. The molecule has 2 N–H and O–H groups in total. The molecule has 20 heavy (non-hydrogen) atoms. The lowest BCUT2D eigenvalue weighted by atomic mass is 10.0. The van der Waals surface area contributed by atoms with Crippen molar-refractivity contribution in [3.8, 4) is 5.75 Å².